The van der Waals surface area contributed by atoms with E-state index in [9.17, 15) is 28.1 Å². The van der Waals surface area contributed by atoms with Gasteiger partial charge in [-0.05, 0) is 82.0 Å². The molecule has 3 aliphatic carbocycles. The van der Waals surface area contributed by atoms with Crippen LogP contribution >= 0.6 is 0 Å². The molecular formula is C30H55BN6O8S. The van der Waals surface area contributed by atoms with Crippen LogP contribution in [0.2, 0.25) is 0 Å². The second-order valence-electron chi connectivity index (χ2n) is 14.4. The Balaban J connectivity index is 1.62. The van der Waals surface area contributed by atoms with Crippen molar-refractivity contribution in [3.8, 4) is 0 Å². The Morgan fingerprint density at radius 3 is 2.50 bits per heavy atom. The third kappa shape index (κ3) is 10.1. The number of hydrazine groups is 1. The Hall–Kier alpha value is -2.30. The van der Waals surface area contributed by atoms with Gasteiger partial charge in [0.2, 0.25) is 15.9 Å². The molecule has 2 bridgehead atoms. The van der Waals surface area contributed by atoms with Crippen molar-refractivity contribution in [1.29, 1.82) is 0 Å². The number of hydrogen-bond donors (Lipinski definition) is 4. The van der Waals surface area contributed by atoms with Gasteiger partial charge in [0.05, 0.1) is 23.4 Å². The summed E-state index contributed by atoms with van der Waals surface area (Å²) in [6.07, 6.45) is 5.63. The summed E-state index contributed by atoms with van der Waals surface area (Å²) in [5.41, 5.74) is 7.10. The first-order chi connectivity index (χ1) is 21.5. The number of Topliss-reactive ketones (excluding diaryl/α,β-unsaturated/α-hetero) is 1. The van der Waals surface area contributed by atoms with Crippen LogP contribution in [0.5, 0.6) is 0 Å². The fourth-order valence-corrected chi connectivity index (χ4v) is 8.10. The molecule has 0 aromatic rings. The quantitative estimate of drug-likeness (QED) is 0.0372. The van der Waals surface area contributed by atoms with E-state index in [0.717, 1.165) is 12.8 Å². The minimum absolute atomic E-state index is 0.0217. The highest BCUT2D eigenvalue weighted by atomic mass is 32.2. The summed E-state index contributed by atoms with van der Waals surface area (Å²) >= 11 is 0. The second-order valence-corrected chi connectivity index (χ2v) is 16.5. The molecule has 0 aromatic carbocycles. The van der Waals surface area contributed by atoms with Crippen molar-refractivity contribution >= 4 is 34.8 Å². The van der Waals surface area contributed by atoms with Gasteiger partial charge in [0.25, 0.3) is 5.96 Å². The maximum absolute atomic E-state index is 13.8. The van der Waals surface area contributed by atoms with Gasteiger partial charge in [0, 0.05) is 31.8 Å². The predicted molar refractivity (Wildman–Crippen MR) is 176 cm³/mol. The number of nitrogens with one attached hydrogen (secondary N) is 3. The average Bonchev–Trinajstić information content (AvgIpc) is 3.32. The SMILES string of the molecule is CCS(=O)(=O)NCCCCCC(=O)C[C@@H](CCCN=C(N)N[N+](=O)[O-])C(=O)N[C@@H](CC(C)C)B1O[C@@H]2C[C@@H]3C[C@@H](C3(C)C)[C@]2(C)O1. The Kier molecular flexibility index (Phi) is 13.4. The summed E-state index contributed by atoms with van der Waals surface area (Å²) in [6.45, 7) is 13.0. The van der Waals surface area contributed by atoms with Gasteiger partial charge in [0.15, 0.2) is 5.03 Å². The second kappa shape index (κ2) is 16.2. The van der Waals surface area contributed by atoms with Gasteiger partial charge < -0.3 is 20.4 Å². The third-order valence-electron chi connectivity index (χ3n) is 10.2. The number of amides is 1. The number of nitro groups is 1. The zero-order chi connectivity index (χ0) is 34.3. The predicted octanol–water partition coefficient (Wildman–Crippen LogP) is 2.74. The largest absolute Gasteiger partial charge is 0.481 e. The molecule has 4 fully saturated rings. The highest BCUT2D eigenvalue weighted by molar-refractivity contribution is 7.89. The Morgan fingerprint density at radius 2 is 1.87 bits per heavy atom. The molecule has 1 amide bonds. The van der Waals surface area contributed by atoms with E-state index in [2.05, 4.69) is 49.6 Å². The molecule has 4 aliphatic rings. The van der Waals surface area contributed by atoms with Crippen LogP contribution in [0.4, 0.5) is 0 Å². The molecule has 0 unspecified atom stereocenters. The highest BCUT2D eigenvalue weighted by Gasteiger charge is 2.68. The molecule has 16 heteroatoms. The zero-order valence-electron chi connectivity index (χ0n) is 28.4. The van der Waals surface area contributed by atoms with E-state index >= 15 is 0 Å². The van der Waals surface area contributed by atoms with Crippen molar-refractivity contribution in [3.05, 3.63) is 10.1 Å². The molecule has 5 N–H and O–H groups in total. The van der Waals surface area contributed by atoms with Crippen molar-refractivity contribution < 1.29 is 32.3 Å². The smallest absolute Gasteiger partial charge is 0.404 e. The maximum atomic E-state index is 13.8. The van der Waals surface area contributed by atoms with Crippen molar-refractivity contribution in [1.82, 2.24) is 15.5 Å². The number of carbonyl (C=O) groups excluding carboxylic acids is 2. The van der Waals surface area contributed by atoms with Gasteiger partial charge in [0.1, 0.15) is 5.78 Å². The van der Waals surface area contributed by atoms with Gasteiger partial charge >= 0.3 is 7.12 Å². The number of unbranched alkanes of at least 4 members (excludes halogenated alkanes) is 2. The summed E-state index contributed by atoms with van der Waals surface area (Å²) in [5.74, 6) is -0.398. The van der Waals surface area contributed by atoms with Crippen LogP contribution in [-0.4, -0.2) is 74.7 Å². The Labute approximate surface area is 274 Å². The highest BCUT2D eigenvalue weighted by Crippen LogP contribution is 2.65. The van der Waals surface area contributed by atoms with E-state index in [4.69, 9.17) is 15.0 Å². The standard InChI is InChI=1S/C30H55BN6O8S/c1-7-46(42,43)34-15-10-8-9-13-23(38)17-21(12-11-14-33-28(32)36-37(40)41)27(39)35-26(16-20(2)3)31-44-25-19-22-18-24(29(22,4)5)30(25,6)45-31/h20-22,24-26,34H,7-19H2,1-6H3,(H,35,39)(H3,32,33,36)/t21-,22+,24+,25-,26+,30+/m1/s1. The molecule has 1 aliphatic heterocycles. The van der Waals surface area contributed by atoms with Gasteiger partial charge in [-0.2, -0.15) is 0 Å². The molecule has 14 nitrogen and oxygen atoms in total. The number of nitrogens with zero attached hydrogens (tertiary/aromatic N) is 2. The lowest BCUT2D eigenvalue weighted by molar-refractivity contribution is -0.525. The maximum Gasteiger partial charge on any atom is 0.481 e. The summed E-state index contributed by atoms with van der Waals surface area (Å²) in [4.78, 5) is 41.4. The van der Waals surface area contributed by atoms with E-state index in [-0.39, 0.29) is 60.2 Å². The molecule has 1 heterocycles. The zero-order valence-corrected chi connectivity index (χ0v) is 29.2. The van der Waals surface area contributed by atoms with Crippen LogP contribution in [0.15, 0.2) is 4.99 Å². The minimum atomic E-state index is -3.24. The van der Waals surface area contributed by atoms with Gasteiger partial charge in [-0.1, -0.05) is 39.5 Å². The first kappa shape index (κ1) is 38.2. The van der Waals surface area contributed by atoms with E-state index in [1.807, 2.05) is 0 Å². The summed E-state index contributed by atoms with van der Waals surface area (Å²) in [7, 11) is -3.83. The minimum Gasteiger partial charge on any atom is -0.404 e. The van der Waals surface area contributed by atoms with Crippen molar-refractivity contribution in [2.45, 2.75) is 123 Å². The van der Waals surface area contributed by atoms with E-state index < -0.39 is 39.6 Å². The number of sulfonamides is 1. The van der Waals surface area contributed by atoms with Crippen LogP contribution in [0, 0.1) is 39.2 Å². The molecule has 1 saturated heterocycles. The number of carbonyl (C=O) groups is 2. The Morgan fingerprint density at radius 1 is 1.15 bits per heavy atom. The van der Waals surface area contributed by atoms with Crippen LogP contribution in [0.3, 0.4) is 0 Å². The van der Waals surface area contributed by atoms with Crippen molar-refractivity contribution in [2.75, 3.05) is 18.8 Å². The summed E-state index contributed by atoms with van der Waals surface area (Å²) in [6, 6.07) is 0. The van der Waals surface area contributed by atoms with Crippen molar-refractivity contribution in [2.24, 2.45) is 39.8 Å². The summed E-state index contributed by atoms with van der Waals surface area (Å²) in [5, 5.41) is 13.0. The van der Waals surface area contributed by atoms with Crippen LogP contribution in [0.25, 0.3) is 0 Å². The number of guanidine groups is 1. The van der Waals surface area contributed by atoms with E-state index in [0.29, 0.717) is 56.9 Å². The molecule has 6 atom stereocenters. The number of hydrogen-bond acceptors (Lipinski definition) is 9. The fourth-order valence-electron chi connectivity index (χ4n) is 7.44. The lowest BCUT2D eigenvalue weighted by Crippen LogP contribution is -2.65. The van der Waals surface area contributed by atoms with Crippen molar-refractivity contribution in [3.63, 3.8) is 0 Å². The lowest BCUT2D eigenvalue weighted by Gasteiger charge is -2.64. The Bertz CT molecular complexity index is 1220. The van der Waals surface area contributed by atoms with E-state index in [1.54, 1.807) is 12.3 Å². The molecule has 262 valence electrons. The van der Waals surface area contributed by atoms with Gasteiger partial charge in [-0.15, -0.1) is 0 Å². The van der Waals surface area contributed by atoms with Crippen LogP contribution < -0.4 is 21.2 Å². The third-order valence-corrected chi connectivity index (χ3v) is 11.6. The topological polar surface area (TPSA) is 204 Å². The van der Waals surface area contributed by atoms with Gasteiger partial charge in [-0.3, -0.25) is 9.59 Å². The molecule has 0 radical (unpaired) electrons. The first-order valence-corrected chi connectivity index (χ1v) is 18.5. The lowest BCUT2D eigenvalue weighted by atomic mass is 9.43. The van der Waals surface area contributed by atoms with E-state index in [1.165, 1.54) is 0 Å². The first-order valence-electron chi connectivity index (χ1n) is 16.8. The number of aliphatic imine (C=N–C) groups is 1. The molecule has 0 aromatic heterocycles. The monoisotopic (exact) mass is 670 g/mol. The number of nitrogens with two attached hydrogens (primary N) is 1. The number of rotatable bonds is 20. The van der Waals surface area contributed by atoms with Gasteiger partial charge in [-0.25, -0.2) is 28.2 Å². The van der Waals surface area contributed by atoms with Crippen LogP contribution in [0.1, 0.15) is 106 Å². The average molecular weight is 671 g/mol. The molecule has 3 saturated carbocycles. The molecule has 46 heavy (non-hydrogen) atoms. The number of ketones is 1. The summed E-state index contributed by atoms with van der Waals surface area (Å²) < 4.78 is 38.9. The normalized spacial score (nSPS) is 26.6. The molecule has 4 rings (SSSR count). The van der Waals surface area contributed by atoms with Crippen LogP contribution in [-0.2, 0) is 28.9 Å². The fraction of sp³-hybridized carbons (Fsp3) is 0.900. The molecule has 0 spiro atoms. The molecular weight excluding hydrogens is 615 g/mol.